The van der Waals surface area contributed by atoms with E-state index >= 15 is 0 Å². The van der Waals surface area contributed by atoms with Gasteiger partial charge < -0.3 is 14.8 Å². The van der Waals surface area contributed by atoms with Gasteiger partial charge in [0.05, 0.1) is 18.8 Å². The second kappa shape index (κ2) is 5.82. The Labute approximate surface area is 102 Å². The number of aromatic nitrogens is 2. The summed E-state index contributed by atoms with van der Waals surface area (Å²) in [4.78, 5) is 8.35. The molecule has 2 heterocycles. The van der Waals surface area contributed by atoms with Crippen molar-refractivity contribution in [1.82, 2.24) is 9.97 Å². The van der Waals surface area contributed by atoms with Crippen LogP contribution in [0.15, 0.2) is 6.33 Å². The molecule has 0 radical (unpaired) electrons. The summed E-state index contributed by atoms with van der Waals surface area (Å²) < 4.78 is 11.0. The zero-order valence-corrected chi connectivity index (χ0v) is 10.4. The van der Waals surface area contributed by atoms with Gasteiger partial charge in [-0.3, -0.25) is 0 Å². The summed E-state index contributed by atoms with van der Waals surface area (Å²) in [5.74, 6) is 2.01. The third kappa shape index (κ3) is 3.06. The van der Waals surface area contributed by atoms with E-state index in [0.717, 1.165) is 37.6 Å². The van der Waals surface area contributed by atoms with E-state index in [4.69, 9.17) is 9.47 Å². The van der Waals surface area contributed by atoms with Crippen LogP contribution < -0.4 is 10.1 Å². The smallest absolute Gasteiger partial charge is 0.221 e. The molecule has 1 fully saturated rings. The van der Waals surface area contributed by atoms with E-state index in [9.17, 15) is 0 Å². The minimum atomic E-state index is 0.493. The van der Waals surface area contributed by atoms with Gasteiger partial charge in [-0.2, -0.15) is 0 Å². The molecule has 0 spiro atoms. The molecule has 5 heteroatoms. The molecule has 2 rings (SSSR count). The molecule has 1 aromatic heterocycles. The van der Waals surface area contributed by atoms with Gasteiger partial charge in [-0.1, -0.05) is 0 Å². The van der Waals surface area contributed by atoms with Crippen molar-refractivity contribution in [2.75, 3.05) is 31.7 Å². The quantitative estimate of drug-likeness (QED) is 0.843. The van der Waals surface area contributed by atoms with Crippen molar-refractivity contribution in [1.29, 1.82) is 0 Å². The average molecular weight is 237 g/mol. The van der Waals surface area contributed by atoms with Crippen molar-refractivity contribution in [3.63, 3.8) is 0 Å². The summed E-state index contributed by atoms with van der Waals surface area (Å²) >= 11 is 0. The fourth-order valence-electron chi connectivity index (χ4n) is 1.84. The maximum Gasteiger partial charge on any atom is 0.221 e. The lowest BCUT2D eigenvalue weighted by atomic mass is 10.1. The van der Waals surface area contributed by atoms with E-state index in [-0.39, 0.29) is 0 Å². The molecule has 1 unspecified atom stereocenters. The van der Waals surface area contributed by atoms with Crippen LogP contribution in [0.4, 0.5) is 5.82 Å². The Kier molecular flexibility index (Phi) is 4.14. The number of ether oxygens (including phenoxy) is 2. The Morgan fingerprint density at radius 1 is 1.53 bits per heavy atom. The summed E-state index contributed by atoms with van der Waals surface area (Å²) in [6.45, 7) is 7.16. The van der Waals surface area contributed by atoms with E-state index < -0.39 is 0 Å². The van der Waals surface area contributed by atoms with Crippen molar-refractivity contribution in [3.05, 3.63) is 11.9 Å². The van der Waals surface area contributed by atoms with Crippen LogP contribution in [-0.2, 0) is 4.74 Å². The van der Waals surface area contributed by atoms with E-state index in [1.54, 1.807) is 0 Å². The molecule has 1 atom stereocenters. The fourth-order valence-corrected chi connectivity index (χ4v) is 1.84. The summed E-state index contributed by atoms with van der Waals surface area (Å²) in [6.07, 6.45) is 2.61. The standard InChI is InChI=1S/C12H19N3O2/c1-3-13-11-9(2)12(15-8-14-11)17-7-10-4-5-16-6-10/h8,10H,3-7H2,1-2H3,(H,13,14,15). The molecule has 1 N–H and O–H groups in total. The van der Waals surface area contributed by atoms with Crippen molar-refractivity contribution in [3.8, 4) is 5.88 Å². The van der Waals surface area contributed by atoms with E-state index in [1.165, 1.54) is 6.33 Å². The Bertz CT molecular complexity index is 365. The third-order valence-corrected chi connectivity index (χ3v) is 2.86. The van der Waals surface area contributed by atoms with Crippen LogP contribution in [0.1, 0.15) is 18.9 Å². The van der Waals surface area contributed by atoms with Crippen molar-refractivity contribution in [2.24, 2.45) is 5.92 Å². The van der Waals surface area contributed by atoms with Gasteiger partial charge in [0.25, 0.3) is 0 Å². The predicted octanol–water partition coefficient (Wildman–Crippen LogP) is 1.63. The first kappa shape index (κ1) is 12.1. The topological polar surface area (TPSA) is 56.3 Å². The molecule has 1 aromatic rings. The Morgan fingerprint density at radius 2 is 2.41 bits per heavy atom. The van der Waals surface area contributed by atoms with Crippen LogP contribution in [0.5, 0.6) is 5.88 Å². The highest BCUT2D eigenvalue weighted by Gasteiger charge is 2.17. The highest BCUT2D eigenvalue weighted by molar-refractivity contribution is 5.47. The van der Waals surface area contributed by atoms with E-state index in [0.29, 0.717) is 18.4 Å². The molecule has 1 aliphatic heterocycles. The number of rotatable bonds is 5. The first-order valence-corrected chi connectivity index (χ1v) is 6.07. The second-order valence-corrected chi connectivity index (χ2v) is 4.22. The van der Waals surface area contributed by atoms with Gasteiger partial charge in [0.15, 0.2) is 0 Å². The largest absolute Gasteiger partial charge is 0.477 e. The van der Waals surface area contributed by atoms with Crippen LogP contribution in [-0.4, -0.2) is 36.3 Å². The number of anilines is 1. The van der Waals surface area contributed by atoms with E-state index in [2.05, 4.69) is 15.3 Å². The molecule has 1 aliphatic rings. The number of nitrogens with one attached hydrogen (secondary N) is 1. The van der Waals surface area contributed by atoms with Gasteiger partial charge in [0, 0.05) is 19.1 Å². The lowest BCUT2D eigenvalue weighted by Gasteiger charge is -2.13. The maximum atomic E-state index is 5.74. The minimum Gasteiger partial charge on any atom is -0.477 e. The first-order valence-electron chi connectivity index (χ1n) is 6.07. The number of hydrogen-bond donors (Lipinski definition) is 1. The van der Waals surface area contributed by atoms with Crippen molar-refractivity contribution in [2.45, 2.75) is 20.3 Å². The number of nitrogens with zero attached hydrogens (tertiary/aromatic N) is 2. The van der Waals surface area contributed by atoms with Crippen LogP contribution in [0, 0.1) is 12.8 Å². The highest BCUT2D eigenvalue weighted by Crippen LogP contribution is 2.21. The van der Waals surface area contributed by atoms with Crippen molar-refractivity contribution < 1.29 is 9.47 Å². The van der Waals surface area contributed by atoms with Gasteiger partial charge >= 0.3 is 0 Å². The Balaban J connectivity index is 1.97. The SMILES string of the molecule is CCNc1ncnc(OCC2CCOC2)c1C. The summed E-state index contributed by atoms with van der Waals surface area (Å²) in [5.41, 5.74) is 0.966. The lowest BCUT2D eigenvalue weighted by Crippen LogP contribution is -2.13. The molecule has 0 amide bonds. The molecule has 0 bridgehead atoms. The molecule has 1 saturated heterocycles. The van der Waals surface area contributed by atoms with Gasteiger partial charge in [0.2, 0.25) is 5.88 Å². The Hall–Kier alpha value is -1.36. The van der Waals surface area contributed by atoms with Gasteiger partial charge in [0.1, 0.15) is 12.1 Å². The monoisotopic (exact) mass is 237 g/mol. The highest BCUT2D eigenvalue weighted by atomic mass is 16.5. The van der Waals surface area contributed by atoms with Gasteiger partial charge in [-0.15, -0.1) is 0 Å². The van der Waals surface area contributed by atoms with Crippen LogP contribution in [0.2, 0.25) is 0 Å². The molecule has 0 saturated carbocycles. The minimum absolute atomic E-state index is 0.493. The van der Waals surface area contributed by atoms with Crippen molar-refractivity contribution >= 4 is 5.82 Å². The molecule has 0 aromatic carbocycles. The van der Waals surface area contributed by atoms with Crippen LogP contribution >= 0.6 is 0 Å². The zero-order valence-electron chi connectivity index (χ0n) is 10.4. The maximum absolute atomic E-state index is 5.74. The molecule has 17 heavy (non-hydrogen) atoms. The molecular weight excluding hydrogens is 218 g/mol. The molecular formula is C12H19N3O2. The third-order valence-electron chi connectivity index (χ3n) is 2.86. The van der Waals surface area contributed by atoms with Gasteiger partial charge in [-0.05, 0) is 20.3 Å². The van der Waals surface area contributed by atoms with E-state index in [1.807, 2.05) is 13.8 Å². The summed E-state index contributed by atoms with van der Waals surface area (Å²) in [5, 5.41) is 3.19. The predicted molar refractivity (Wildman–Crippen MR) is 65.4 cm³/mol. The van der Waals surface area contributed by atoms with Crippen LogP contribution in [0.3, 0.4) is 0 Å². The molecule has 5 nitrogen and oxygen atoms in total. The Morgan fingerprint density at radius 3 is 3.12 bits per heavy atom. The average Bonchev–Trinajstić information content (AvgIpc) is 2.83. The molecule has 94 valence electrons. The lowest BCUT2D eigenvalue weighted by molar-refractivity contribution is 0.165. The normalized spacial score (nSPS) is 19.3. The van der Waals surface area contributed by atoms with Crippen LogP contribution in [0.25, 0.3) is 0 Å². The molecule has 0 aliphatic carbocycles. The zero-order chi connectivity index (χ0) is 12.1. The summed E-state index contributed by atoms with van der Waals surface area (Å²) in [7, 11) is 0. The number of hydrogen-bond acceptors (Lipinski definition) is 5. The summed E-state index contributed by atoms with van der Waals surface area (Å²) in [6, 6.07) is 0. The second-order valence-electron chi connectivity index (χ2n) is 4.22. The first-order chi connectivity index (χ1) is 8.31. The van der Waals surface area contributed by atoms with Gasteiger partial charge in [-0.25, -0.2) is 9.97 Å². The fraction of sp³-hybridized carbons (Fsp3) is 0.667.